The Morgan fingerprint density at radius 1 is 1.27 bits per heavy atom. The molecule has 0 amide bonds. The number of methoxy groups -OCH3 is 1. The topological polar surface area (TPSA) is 53.0 Å². The molecule has 1 aromatic rings. The van der Waals surface area contributed by atoms with Gasteiger partial charge in [-0.25, -0.2) is 0 Å². The van der Waals surface area contributed by atoms with Crippen molar-refractivity contribution in [3.63, 3.8) is 0 Å². The van der Waals surface area contributed by atoms with Crippen molar-refractivity contribution >= 4 is 5.97 Å². The predicted molar refractivity (Wildman–Crippen MR) is 100 cm³/mol. The number of ether oxygens (including phenoxy) is 1. The van der Waals surface area contributed by atoms with E-state index >= 15 is 0 Å². The van der Waals surface area contributed by atoms with Crippen molar-refractivity contribution in [2.45, 2.75) is 32.2 Å². The molecule has 1 aliphatic carbocycles. The molecule has 1 atom stereocenters. The fraction of sp³-hybridized carbons (Fsp3) is 0.667. The number of carboxylic acid groups (broad SMARTS) is 1. The van der Waals surface area contributed by atoms with Crippen LogP contribution in [0.5, 0.6) is 5.75 Å². The highest BCUT2D eigenvalue weighted by molar-refractivity contribution is 5.72. The number of carboxylic acids is 1. The molecule has 0 radical (unpaired) electrons. The number of nitrogens with zero attached hydrogens (tertiary/aromatic N) is 2. The van der Waals surface area contributed by atoms with Gasteiger partial charge in [0.05, 0.1) is 13.0 Å². The molecule has 4 rings (SSSR count). The Morgan fingerprint density at radius 3 is 2.69 bits per heavy atom. The number of piperidine rings is 1. The van der Waals surface area contributed by atoms with Gasteiger partial charge in [-0.05, 0) is 62.4 Å². The summed E-state index contributed by atoms with van der Waals surface area (Å²) >= 11 is 0. The maximum absolute atomic E-state index is 11.9. The van der Waals surface area contributed by atoms with Crippen LogP contribution in [-0.4, -0.2) is 60.7 Å². The van der Waals surface area contributed by atoms with Gasteiger partial charge in [0.2, 0.25) is 0 Å². The molecule has 1 saturated carbocycles. The van der Waals surface area contributed by atoms with Crippen LogP contribution in [0.4, 0.5) is 0 Å². The predicted octanol–water partition coefficient (Wildman–Crippen LogP) is 2.70. The fourth-order valence-electron chi connectivity index (χ4n) is 4.91. The summed E-state index contributed by atoms with van der Waals surface area (Å²) in [6, 6.07) is 8.24. The van der Waals surface area contributed by atoms with Crippen molar-refractivity contribution in [1.29, 1.82) is 0 Å². The van der Waals surface area contributed by atoms with Crippen molar-refractivity contribution in [2.24, 2.45) is 17.3 Å². The van der Waals surface area contributed by atoms with Crippen molar-refractivity contribution in [1.82, 2.24) is 9.80 Å². The minimum Gasteiger partial charge on any atom is -0.497 e. The van der Waals surface area contributed by atoms with Gasteiger partial charge < -0.3 is 14.7 Å². The van der Waals surface area contributed by atoms with Gasteiger partial charge in [-0.3, -0.25) is 9.69 Å². The van der Waals surface area contributed by atoms with Crippen LogP contribution >= 0.6 is 0 Å². The maximum Gasteiger partial charge on any atom is 0.308 e. The summed E-state index contributed by atoms with van der Waals surface area (Å²) in [5.41, 5.74) is 1.24. The molecular weight excluding hydrogens is 328 g/mol. The second-order valence-electron chi connectivity index (χ2n) is 8.52. The molecule has 1 aromatic carbocycles. The van der Waals surface area contributed by atoms with E-state index < -0.39 is 5.97 Å². The third kappa shape index (κ3) is 3.74. The van der Waals surface area contributed by atoms with Gasteiger partial charge in [0.15, 0.2) is 0 Å². The first-order chi connectivity index (χ1) is 12.6. The molecule has 5 nitrogen and oxygen atoms in total. The van der Waals surface area contributed by atoms with E-state index in [1.54, 1.807) is 7.11 Å². The molecule has 3 fully saturated rings. The molecule has 2 heterocycles. The Bertz CT molecular complexity index is 650. The van der Waals surface area contributed by atoms with E-state index in [4.69, 9.17) is 4.74 Å². The second-order valence-corrected chi connectivity index (χ2v) is 8.52. The van der Waals surface area contributed by atoms with Crippen LogP contribution in [0.1, 0.15) is 31.2 Å². The van der Waals surface area contributed by atoms with Crippen LogP contribution in [0.3, 0.4) is 0 Å². The molecule has 5 heteroatoms. The van der Waals surface area contributed by atoms with E-state index in [0.717, 1.165) is 63.8 Å². The Morgan fingerprint density at radius 2 is 2.04 bits per heavy atom. The molecule has 3 aliphatic rings. The molecule has 0 aromatic heterocycles. The Labute approximate surface area is 155 Å². The Balaban J connectivity index is 1.38. The molecule has 1 N–H and O–H groups in total. The Hall–Kier alpha value is -1.59. The fourth-order valence-corrected chi connectivity index (χ4v) is 4.91. The highest BCUT2D eigenvalue weighted by Gasteiger charge is 2.51. The molecule has 2 aliphatic heterocycles. The zero-order chi connectivity index (χ0) is 18.1. The van der Waals surface area contributed by atoms with Crippen molar-refractivity contribution in [3.8, 4) is 5.75 Å². The third-order valence-electron chi connectivity index (χ3n) is 6.62. The van der Waals surface area contributed by atoms with Crippen molar-refractivity contribution in [2.75, 3.05) is 39.8 Å². The van der Waals surface area contributed by atoms with Crippen LogP contribution in [-0.2, 0) is 11.3 Å². The van der Waals surface area contributed by atoms with Crippen LogP contribution in [0.25, 0.3) is 0 Å². The van der Waals surface area contributed by atoms with Gasteiger partial charge in [0.25, 0.3) is 0 Å². The second kappa shape index (κ2) is 7.20. The van der Waals surface area contributed by atoms with Gasteiger partial charge in [0.1, 0.15) is 5.75 Å². The first-order valence-electron chi connectivity index (χ1n) is 9.88. The number of likely N-dealkylation sites (tertiary alicyclic amines) is 2. The van der Waals surface area contributed by atoms with E-state index in [1.165, 1.54) is 18.4 Å². The molecule has 26 heavy (non-hydrogen) atoms. The number of carbonyl (C=O) groups is 1. The summed E-state index contributed by atoms with van der Waals surface area (Å²) in [7, 11) is 1.70. The summed E-state index contributed by atoms with van der Waals surface area (Å²) < 4.78 is 5.32. The van der Waals surface area contributed by atoms with Gasteiger partial charge >= 0.3 is 5.97 Å². The first-order valence-corrected chi connectivity index (χ1v) is 9.88. The SMILES string of the molecule is COc1cccc(CN2CCC3(CC2)CN(CC2CC2)CC3C(=O)O)c1. The molecule has 2 saturated heterocycles. The highest BCUT2D eigenvalue weighted by atomic mass is 16.5. The summed E-state index contributed by atoms with van der Waals surface area (Å²) in [6.07, 6.45) is 4.65. The number of benzene rings is 1. The van der Waals surface area contributed by atoms with Gasteiger partial charge in [-0.2, -0.15) is 0 Å². The van der Waals surface area contributed by atoms with Crippen LogP contribution in [0.15, 0.2) is 24.3 Å². The quantitative estimate of drug-likeness (QED) is 0.847. The lowest BCUT2D eigenvalue weighted by Gasteiger charge is -2.41. The maximum atomic E-state index is 11.9. The number of rotatable bonds is 6. The zero-order valence-corrected chi connectivity index (χ0v) is 15.7. The zero-order valence-electron chi connectivity index (χ0n) is 15.7. The van der Waals surface area contributed by atoms with Gasteiger partial charge in [-0.15, -0.1) is 0 Å². The van der Waals surface area contributed by atoms with Crippen molar-refractivity contribution in [3.05, 3.63) is 29.8 Å². The monoisotopic (exact) mass is 358 g/mol. The number of aliphatic carboxylic acids is 1. The lowest BCUT2D eigenvalue weighted by Crippen LogP contribution is -2.45. The highest BCUT2D eigenvalue weighted by Crippen LogP contribution is 2.46. The standard InChI is InChI=1S/C21H30N2O3/c1-26-18-4-2-3-17(11-18)13-22-9-7-21(8-10-22)15-23(12-16-5-6-16)14-19(21)20(24)25/h2-4,11,16,19H,5-10,12-15H2,1H3,(H,24,25). The third-order valence-corrected chi connectivity index (χ3v) is 6.62. The summed E-state index contributed by atoms with van der Waals surface area (Å²) in [6.45, 7) is 5.72. The van der Waals surface area contributed by atoms with E-state index in [2.05, 4.69) is 21.9 Å². The average molecular weight is 358 g/mol. The van der Waals surface area contributed by atoms with E-state index in [0.29, 0.717) is 0 Å². The number of hydrogen-bond donors (Lipinski definition) is 1. The smallest absolute Gasteiger partial charge is 0.308 e. The summed E-state index contributed by atoms with van der Waals surface area (Å²) in [5.74, 6) is 0.936. The van der Waals surface area contributed by atoms with Gasteiger partial charge in [-0.1, -0.05) is 12.1 Å². The van der Waals surface area contributed by atoms with Gasteiger partial charge in [0, 0.05) is 31.6 Å². The summed E-state index contributed by atoms with van der Waals surface area (Å²) in [4.78, 5) is 16.8. The van der Waals surface area contributed by atoms with E-state index in [9.17, 15) is 9.90 Å². The Kier molecular flexibility index (Phi) is 4.93. The molecule has 0 bridgehead atoms. The molecular formula is C21H30N2O3. The summed E-state index contributed by atoms with van der Waals surface area (Å²) in [5, 5.41) is 9.80. The molecule has 142 valence electrons. The molecule has 1 unspecified atom stereocenters. The first kappa shape index (κ1) is 17.8. The largest absolute Gasteiger partial charge is 0.497 e. The van der Waals surface area contributed by atoms with Crippen LogP contribution < -0.4 is 4.74 Å². The lowest BCUT2D eigenvalue weighted by molar-refractivity contribution is -0.146. The molecule has 1 spiro atoms. The van der Waals surface area contributed by atoms with E-state index in [-0.39, 0.29) is 11.3 Å². The minimum atomic E-state index is -0.593. The normalized spacial score (nSPS) is 26.3. The lowest BCUT2D eigenvalue weighted by atomic mass is 9.71. The van der Waals surface area contributed by atoms with E-state index in [1.807, 2.05) is 12.1 Å². The van der Waals surface area contributed by atoms with Crippen LogP contribution in [0.2, 0.25) is 0 Å². The van der Waals surface area contributed by atoms with Crippen molar-refractivity contribution < 1.29 is 14.6 Å². The number of hydrogen-bond acceptors (Lipinski definition) is 4. The average Bonchev–Trinajstić information content (AvgIpc) is 3.38. The minimum absolute atomic E-state index is 0.0222. The van der Waals surface area contributed by atoms with Crippen LogP contribution in [0, 0.1) is 17.3 Å².